The van der Waals surface area contributed by atoms with Crippen LogP contribution in [0.2, 0.25) is 0 Å². The summed E-state index contributed by atoms with van der Waals surface area (Å²) in [5, 5.41) is 19.3. The molecule has 0 aliphatic carbocycles. The van der Waals surface area contributed by atoms with Crippen LogP contribution in [0.4, 0.5) is 0 Å². The van der Waals surface area contributed by atoms with E-state index < -0.39 is 6.10 Å². The molecule has 0 aromatic heterocycles. The molecule has 1 unspecified atom stereocenters. The van der Waals surface area contributed by atoms with Crippen LogP contribution in [-0.2, 0) is 0 Å². The third kappa shape index (κ3) is 5.21. The predicted molar refractivity (Wildman–Crippen MR) is 83.3 cm³/mol. The lowest BCUT2D eigenvalue weighted by molar-refractivity contribution is 0.126. The molecule has 0 bridgehead atoms. The molecular formula is C16H18O4S. The van der Waals surface area contributed by atoms with Gasteiger partial charge in [0.25, 0.3) is 0 Å². The average Bonchev–Trinajstić information content (AvgIpc) is 2.51. The van der Waals surface area contributed by atoms with Gasteiger partial charge in [-0.05, 0) is 42.5 Å². The van der Waals surface area contributed by atoms with Gasteiger partial charge in [0.15, 0.2) is 0 Å². The van der Waals surface area contributed by atoms with Gasteiger partial charge < -0.3 is 19.7 Å². The van der Waals surface area contributed by atoms with Gasteiger partial charge in [-0.25, -0.2) is 0 Å². The van der Waals surface area contributed by atoms with E-state index in [0.29, 0.717) is 11.5 Å². The smallest absolute Gasteiger partial charge is 0.119 e. The van der Waals surface area contributed by atoms with Gasteiger partial charge in [0.1, 0.15) is 23.9 Å². The zero-order valence-electron chi connectivity index (χ0n) is 11.7. The number of phenols is 1. The second kappa shape index (κ2) is 7.81. The van der Waals surface area contributed by atoms with Crippen LogP contribution in [0.25, 0.3) is 0 Å². The van der Waals surface area contributed by atoms with Crippen LogP contribution in [0, 0.1) is 0 Å². The third-order valence-electron chi connectivity index (χ3n) is 2.76. The lowest BCUT2D eigenvalue weighted by atomic mass is 10.3. The van der Waals surface area contributed by atoms with Crippen molar-refractivity contribution in [2.45, 2.75) is 11.0 Å². The third-order valence-corrected chi connectivity index (χ3v) is 3.90. The van der Waals surface area contributed by atoms with E-state index in [-0.39, 0.29) is 12.4 Å². The Morgan fingerprint density at radius 1 is 1.10 bits per heavy atom. The summed E-state index contributed by atoms with van der Waals surface area (Å²) in [6.45, 7) is 0.220. The molecule has 2 aromatic carbocycles. The minimum atomic E-state index is -0.584. The number of methoxy groups -OCH3 is 1. The van der Waals surface area contributed by atoms with E-state index in [1.165, 1.54) is 11.8 Å². The van der Waals surface area contributed by atoms with Crippen molar-refractivity contribution in [1.29, 1.82) is 0 Å². The Morgan fingerprint density at radius 2 is 1.81 bits per heavy atom. The quantitative estimate of drug-likeness (QED) is 0.770. The van der Waals surface area contributed by atoms with Gasteiger partial charge >= 0.3 is 0 Å². The molecule has 0 radical (unpaired) electrons. The fourth-order valence-electron chi connectivity index (χ4n) is 1.68. The van der Waals surface area contributed by atoms with Gasteiger partial charge in [0.2, 0.25) is 0 Å². The SMILES string of the molecule is COc1ccc(OCC(O)CSc2cccc(O)c2)cc1. The molecule has 0 saturated heterocycles. The van der Waals surface area contributed by atoms with Crippen molar-refractivity contribution in [2.24, 2.45) is 0 Å². The highest BCUT2D eigenvalue weighted by molar-refractivity contribution is 7.99. The molecule has 0 aliphatic rings. The van der Waals surface area contributed by atoms with E-state index in [2.05, 4.69) is 0 Å². The van der Waals surface area contributed by atoms with Crippen LogP contribution in [0.3, 0.4) is 0 Å². The molecule has 2 rings (SSSR count). The summed E-state index contributed by atoms with van der Waals surface area (Å²) < 4.78 is 10.6. The first kappa shape index (κ1) is 15.5. The molecule has 5 heteroatoms. The van der Waals surface area contributed by atoms with E-state index in [1.54, 1.807) is 37.4 Å². The van der Waals surface area contributed by atoms with E-state index in [0.717, 1.165) is 10.6 Å². The molecule has 0 aliphatic heterocycles. The molecule has 0 heterocycles. The molecule has 1 atom stereocenters. The standard InChI is InChI=1S/C16H18O4S/c1-19-14-5-7-15(8-6-14)20-10-13(18)11-21-16-4-2-3-12(17)9-16/h2-9,13,17-18H,10-11H2,1H3. The molecule has 0 fully saturated rings. The van der Waals surface area contributed by atoms with Crippen molar-refractivity contribution in [3.63, 3.8) is 0 Å². The normalized spacial score (nSPS) is 11.9. The highest BCUT2D eigenvalue weighted by Crippen LogP contribution is 2.23. The van der Waals surface area contributed by atoms with E-state index in [4.69, 9.17) is 9.47 Å². The fraction of sp³-hybridized carbons (Fsp3) is 0.250. The van der Waals surface area contributed by atoms with E-state index in [9.17, 15) is 10.2 Å². The lowest BCUT2D eigenvalue weighted by Crippen LogP contribution is -2.19. The van der Waals surface area contributed by atoms with Gasteiger partial charge in [-0.15, -0.1) is 11.8 Å². The van der Waals surface area contributed by atoms with Gasteiger partial charge in [0, 0.05) is 10.6 Å². The Labute approximate surface area is 128 Å². The molecule has 0 saturated carbocycles. The maximum atomic E-state index is 9.91. The number of thioether (sulfide) groups is 1. The number of hydrogen-bond donors (Lipinski definition) is 2. The number of benzene rings is 2. The molecule has 21 heavy (non-hydrogen) atoms. The van der Waals surface area contributed by atoms with Crippen molar-refractivity contribution < 1.29 is 19.7 Å². The molecule has 112 valence electrons. The van der Waals surface area contributed by atoms with Crippen molar-refractivity contribution in [1.82, 2.24) is 0 Å². The van der Waals surface area contributed by atoms with Crippen LogP contribution < -0.4 is 9.47 Å². The summed E-state index contributed by atoms with van der Waals surface area (Å²) in [5.41, 5.74) is 0. The minimum absolute atomic E-state index is 0.220. The topological polar surface area (TPSA) is 58.9 Å². The highest BCUT2D eigenvalue weighted by atomic mass is 32.2. The number of aliphatic hydroxyl groups excluding tert-OH is 1. The Bertz CT molecular complexity index is 556. The largest absolute Gasteiger partial charge is 0.508 e. The van der Waals surface area contributed by atoms with Crippen LogP contribution in [-0.4, -0.2) is 35.8 Å². The molecular weight excluding hydrogens is 288 g/mol. The molecule has 2 aromatic rings. The minimum Gasteiger partial charge on any atom is -0.508 e. The number of rotatable bonds is 7. The van der Waals surface area contributed by atoms with Gasteiger partial charge in [-0.1, -0.05) is 6.07 Å². The molecule has 4 nitrogen and oxygen atoms in total. The van der Waals surface area contributed by atoms with E-state index in [1.807, 2.05) is 18.2 Å². The maximum Gasteiger partial charge on any atom is 0.119 e. The number of hydrogen-bond acceptors (Lipinski definition) is 5. The highest BCUT2D eigenvalue weighted by Gasteiger charge is 2.07. The number of aliphatic hydroxyl groups is 1. The maximum absolute atomic E-state index is 9.91. The van der Waals surface area contributed by atoms with Crippen molar-refractivity contribution in [3.05, 3.63) is 48.5 Å². The first-order chi connectivity index (χ1) is 10.2. The monoisotopic (exact) mass is 306 g/mol. The van der Waals surface area contributed by atoms with Crippen LogP contribution in [0.15, 0.2) is 53.4 Å². The Morgan fingerprint density at radius 3 is 2.48 bits per heavy atom. The number of ether oxygens (including phenoxy) is 2. The summed E-state index contributed by atoms with van der Waals surface area (Å²) in [6.07, 6.45) is -0.584. The van der Waals surface area contributed by atoms with Crippen molar-refractivity contribution in [2.75, 3.05) is 19.5 Å². The number of aromatic hydroxyl groups is 1. The second-order valence-electron chi connectivity index (χ2n) is 4.45. The summed E-state index contributed by atoms with van der Waals surface area (Å²) in [6, 6.07) is 14.2. The second-order valence-corrected chi connectivity index (χ2v) is 5.54. The predicted octanol–water partition coefficient (Wildman–Crippen LogP) is 2.93. The first-order valence-corrected chi connectivity index (χ1v) is 7.52. The zero-order chi connectivity index (χ0) is 15.1. The van der Waals surface area contributed by atoms with Crippen molar-refractivity contribution in [3.8, 4) is 17.2 Å². The molecule has 2 N–H and O–H groups in total. The summed E-state index contributed by atoms with van der Waals surface area (Å²) in [7, 11) is 1.61. The Hall–Kier alpha value is -1.85. The fourth-order valence-corrected chi connectivity index (χ4v) is 2.54. The average molecular weight is 306 g/mol. The lowest BCUT2D eigenvalue weighted by Gasteiger charge is -2.12. The zero-order valence-corrected chi connectivity index (χ0v) is 12.5. The molecule has 0 spiro atoms. The Kier molecular flexibility index (Phi) is 5.78. The van der Waals surface area contributed by atoms with Crippen LogP contribution in [0.1, 0.15) is 0 Å². The summed E-state index contributed by atoms with van der Waals surface area (Å²) >= 11 is 1.47. The Balaban J connectivity index is 1.75. The van der Waals surface area contributed by atoms with Gasteiger partial charge in [-0.2, -0.15) is 0 Å². The van der Waals surface area contributed by atoms with Crippen LogP contribution in [0.5, 0.6) is 17.2 Å². The first-order valence-electron chi connectivity index (χ1n) is 6.54. The van der Waals surface area contributed by atoms with Crippen molar-refractivity contribution >= 4 is 11.8 Å². The van der Waals surface area contributed by atoms with Gasteiger partial charge in [-0.3, -0.25) is 0 Å². The van der Waals surface area contributed by atoms with E-state index >= 15 is 0 Å². The molecule has 0 amide bonds. The van der Waals surface area contributed by atoms with Crippen LogP contribution >= 0.6 is 11.8 Å². The number of phenolic OH excluding ortho intramolecular Hbond substituents is 1. The van der Waals surface area contributed by atoms with Gasteiger partial charge in [0.05, 0.1) is 13.2 Å². The summed E-state index contributed by atoms with van der Waals surface area (Å²) in [5.74, 6) is 2.18. The summed E-state index contributed by atoms with van der Waals surface area (Å²) in [4.78, 5) is 0.915.